The molecule has 0 radical (unpaired) electrons. The average Bonchev–Trinajstić information content (AvgIpc) is 2.59. The van der Waals surface area contributed by atoms with E-state index in [1.54, 1.807) is 6.07 Å². The maximum absolute atomic E-state index is 13.1. The first-order valence-electron chi connectivity index (χ1n) is 4.83. The molecule has 1 N–H and O–H groups in total. The Hall–Kier alpha value is -0.640. The standard InChI is InChI=1S/C11H12ClFO2/c12-9-2-1-8(5-10(9)13)6-11(14)3-4-15-7-11/h1-2,5,14H,3-4,6-7H2. The first-order chi connectivity index (χ1) is 7.09. The van der Waals surface area contributed by atoms with Crippen molar-refractivity contribution in [2.45, 2.75) is 18.4 Å². The highest BCUT2D eigenvalue weighted by molar-refractivity contribution is 6.30. The molecule has 1 aromatic rings. The van der Waals surface area contributed by atoms with E-state index < -0.39 is 11.4 Å². The molecule has 1 fully saturated rings. The predicted octanol–water partition coefficient (Wildman–Crippen LogP) is 2.17. The molecule has 15 heavy (non-hydrogen) atoms. The van der Waals surface area contributed by atoms with Gasteiger partial charge in [0.25, 0.3) is 0 Å². The SMILES string of the molecule is OC1(Cc2ccc(Cl)c(F)c2)CCOC1. The summed E-state index contributed by atoms with van der Waals surface area (Å²) in [6.45, 7) is 0.879. The third-order valence-electron chi connectivity index (χ3n) is 2.60. The van der Waals surface area contributed by atoms with Gasteiger partial charge in [0.15, 0.2) is 0 Å². The van der Waals surface area contributed by atoms with E-state index >= 15 is 0 Å². The maximum atomic E-state index is 13.1. The fourth-order valence-corrected chi connectivity index (χ4v) is 1.88. The summed E-state index contributed by atoms with van der Waals surface area (Å²) in [6, 6.07) is 4.59. The second kappa shape index (κ2) is 4.08. The van der Waals surface area contributed by atoms with Gasteiger partial charge in [-0.1, -0.05) is 17.7 Å². The van der Waals surface area contributed by atoms with Crippen LogP contribution >= 0.6 is 11.6 Å². The summed E-state index contributed by atoms with van der Waals surface area (Å²) >= 11 is 5.57. The second-order valence-electron chi connectivity index (χ2n) is 3.95. The van der Waals surface area contributed by atoms with Gasteiger partial charge in [0.05, 0.1) is 17.2 Å². The highest BCUT2D eigenvalue weighted by atomic mass is 35.5. The molecule has 1 heterocycles. The van der Waals surface area contributed by atoms with Crippen LogP contribution in [0.25, 0.3) is 0 Å². The maximum Gasteiger partial charge on any atom is 0.142 e. The fraction of sp³-hybridized carbons (Fsp3) is 0.455. The topological polar surface area (TPSA) is 29.5 Å². The third-order valence-corrected chi connectivity index (χ3v) is 2.91. The van der Waals surface area contributed by atoms with Gasteiger partial charge in [-0.05, 0) is 17.7 Å². The van der Waals surface area contributed by atoms with Gasteiger partial charge in [-0.25, -0.2) is 4.39 Å². The van der Waals surface area contributed by atoms with Crippen LogP contribution in [0.4, 0.5) is 4.39 Å². The summed E-state index contributed by atoms with van der Waals surface area (Å²) in [5, 5.41) is 10.1. The predicted molar refractivity (Wildman–Crippen MR) is 55.5 cm³/mol. The van der Waals surface area contributed by atoms with Crippen LogP contribution in [-0.4, -0.2) is 23.9 Å². The molecule has 82 valence electrons. The molecule has 0 bridgehead atoms. The Morgan fingerprint density at radius 1 is 1.53 bits per heavy atom. The summed E-state index contributed by atoms with van der Waals surface area (Å²) in [5.74, 6) is -0.448. The Bertz CT molecular complexity index is 362. The molecule has 1 aliphatic rings. The molecule has 0 aliphatic carbocycles. The average molecular weight is 231 g/mol. The lowest BCUT2D eigenvalue weighted by molar-refractivity contribution is 0.0270. The van der Waals surface area contributed by atoms with Crippen LogP contribution in [-0.2, 0) is 11.2 Å². The van der Waals surface area contributed by atoms with Crippen LogP contribution < -0.4 is 0 Å². The first-order valence-corrected chi connectivity index (χ1v) is 5.21. The van der Waals surface area contributed by atoms with E-state index in [9.17, 15) is 9.50 Å². The minimum Gasteiger partial charge on any atom is -0.387 e. The van der Waals surface area contributed by atoms with Crippen LogP contribution in [0.3, 0.4) is 0 Å². The molecule has 1 aliphatic heterocycles. The van der Waals surface area contributed by atoms with Crippen molar-refractivity contribution in [1.82, 2.24) is 0 Å². The van der Waals surface area contributed by atoms with Crippen LogP contribution in [0.2, 0.25) is 5.02 Å². The van der Waals surface area contributed by atoms with Crippen molar-refractivity contribution >= 4 is 11.6 Å². The summed E-state index contributed by atoms with van der Waals surface area (Å²) in [4.78, 5) is 0. The minimum absolute atomic E-state index is 0.105. The van der Waals surface area contributed by atoms with Crippen LogP contribution in [0.1, 0.15) is 12.0 Å². The largest absolute Gasteiger partial charge is 0.387 e. The molecule has 2 rings (SSSR count). The van der Waals surface area contributed by atoms with Crippen molar-refractivity contribution in [3.05, 3.63) is 34.6 Å². The van der Waals surface area contributed by atoms with Crippen molar-refractivity contribution in [3.8, 4) is 0 Å². The monoisotopic (exact) mass is 230 g/mol. The quantitative estimate of drug-likeness (QED) is 0.844. The molecule has 4 heteroatoms. The van der Waals surface area contributed by atoms with Gasteiger partial charge in [-0.2, -0.15) is 0 Å². The number of hydrogen-bond donors (Lipinski definition) is 1. The molecule has 0 aromatic heterocycles. The van der Waals surface area contributed by atoms with E-state index in [-0.39, 0.29) is 5.02 Å². The van der Waals surface area contributed by atoms with Crippen LogP contribution in [0.15, 0.2) is 18.2 Å². The van der Waals surface area contributed by atoms with Crippen molar-refractivity contribution in [1.29, 1.82) is 0 Å². The van der Waals surface area contributed by atoms with E-state index in [4.69, 9.17) is 16.3 Å². The minimum atomic E-state index is -0.847. The summed E-state index contributed by atoms with van der Waals surface area (Å²) in [5.41, 5.74) is -0.106. The first kappa shape index (κ1) is 10.9. The molecular weight excluding hydrogens is 219 g/mol. The summed E-state index contributed by atoms with van der Waals surface area (Å²) < 4.78 is 18.2. The Labute approximate surface area is 92.6 Å². The van der Waals surface area contributed by atoms with Gasteiger partial charge < -0.3 is 9.84 Å². The van der Waals surface area contributed by atoms with E-state index in [0.29, 0.717) is 26.1 Å². The molecular formula is C11H12ClFO2. The Balaban J connectivity index is 2.13. The van der Waals surface area contributed by atoms with Crippen LogP contribution in [0, 0.1) is 5.82 Å². The Morgan fingerprint density at radius 3 is 2.93 bits per heavy atom. The number of aliphatic hydroxyl groups is 1. The van der Waals surface area contributed by atoms with Crippen LogP contribution in [0.5, 0.6) is 0 Å². The summed E-state index contributed by atoms with van der Waals surface area (Å²) in [7, 11) is 0. The van der Waals surface area contributed by atoms with Crippen molar-refractivity contribution < 1.29 is 14.2 Å². The van der Waals surface area contributed by atoms with Gasteiger partial charge in [0.1, 0.15) is 5.82 Å². The zero-order chi connectivity index (χ0) is 10.9. The highest BCUT2D eigenvalue weighted by Gasteiger charge is 2.32. The molecule has 0 saturated carbocycles. The molecule has 1 aromatic carbocycles. The smallest absolute Gasteiger partial charge is 0.142 e. The molecule has 1 unspecified atom stereocenters. The molecule has 1 saturated heterocycles. The molecule has 2 nitrogen and oxygen atoms in total. The van der Waals surface area contributed by atoms with Gasteiger partial charge in [-0.3, -0.25) is 0 Å². The number of halogens is 2. The number of rotatable bonds is 2. The number of ether oxygens (including phenoxy) is 1. The van der Waals surface area contributed by atoms with Gasteiger partial charge in [-0.15, -0.1) is 0 Å². The van der Waals surface area contributed by atoms with Gasteiger partial charge >= 0.3 is 0 Å². The normalized spacial score (nSPS) is 25.8. The number of hydrogen-bond acceptors (Lipinski definition) is 2. The lowest BCUT2D eigenvalue weighted by Crippen LogP contribution is -2.31. The zero-order valence-electron chi connectivity index (χ0n) is 8.17. The van der Waals surface area contributed by atoms with Crippen molar-refractivity contribution in [2.24, 2.45) is 0 Å². The van der Waals surface area contributed by atoms with E-state index in [2.05, 4.69) is 0 Å². The van der Waals surface area contributed by atoms with Gasteiger partial charge in [0, 0.05) is 19.4 Å². The molecule has 0 spiro atoms. The lowest BCUT2D eigenvalue weighted by atomic mass is 9.94. The van der Waals surface area contributed by atoms with Crippen molar-refractivity contribution in [2.75, 3.05) is 13.2 Å². The molecule has 1 atom stereocenters. The second-order valence-corrected chi connectivity index (χ2v) is 4.36. The lowest BCUT2D eigenvalue weighted by Gasteiger charge is -2.20. The number of benzene rings is 1. The third kappa shape index (κ3) is 2.48. The van der Waals surface area contributed by atoms with Gasteiger partial charge in [0.2, 0.25) is 0 Å². The van der Waals surface area contributed by atoms with E-state index in [0.717, 1.165) is 5.56 Å². The Morgan fingerprint density at radius 2 is 2.33 bits per heavy atom. The zero-order valence-corrected chi connectivity index (χ0v) is 8.93. The Kier molecular flexibility index (Phi) is 2.96. The van der Waals surface area contributed by atoms with E-state index in [1.807, 2.05) is 0 Å². The molecule has 0 amide bonds. The summed E-state index contributed by atoms with van der Waals surface area (Å²) in [6.07, 6.45) is 0.998. The highest BCUT2D eigenvalue weighted by Crippen LogP contribution is 2.25. The van der Waals surface area contributed by atoms with Crippen molar-refractivity contribution in [3.63, 3.8) is 0 Å². The van der Waals surface area contributed by atoms with E-state index in [1.165, 1.54) is 12.1 Å². The fourth-order valence-electron chi connectivity index (χ4n) is 1.77.